The summed E-state index contributed by atoms with van der Waals surface area (Å²) in [6.07, 6.45) is 2.06. The number of hydrogen-bond acceptors (Lipinski definition) is 4. The van der Waals surface area contributed by atoms with Gasteiger partial charge in [-0.1, -0.05) is 42.5 Å². The summed E-state index contributed by atoms with van der Waals surface area (Å²) in [5.74, 6) is 0.0895. The Bertz CT molecular complexity index is 962. The summed E-state index contributed by atoms with van der Waals surface area (Å²) < 4.78 is 12.4. The molecule has 0 spiro atoms. The third-order valence-electron chi connectivity index (χ3n) is 6.04. The predicted molar refractivity (Wildman–Crippen MR) is 113 cm³/mol. The van der Waals surface area contributed by atoms with Crippen LogP contribution in [0.3, 0.4) is 0 Å². The molecule has 0 amide bonds. The zero-order chi connectivity index (χ0) is 20.1. The Morgan fingerprint density at radius 1 is 0.964 bits per heavy atom. The Morgan fingerprint density at radius 2 is 1.57 bits per heavy atom. The van der Waals surface area contributed by atoms with E-state index in [2.05, 4.69) is 45.2 Å². The Kier molecular flexibility index (Phi) is 4.57. The van der Waals surface area contributed by atoms with Crippen molar-refractivity contribution in [2.75, 3.05) is 13.6 Å². The molecule has 1 fully saturated rings. The molecule has 2 aromatic carbocycles. The van der Waals surface area contributed by atoms with Crippen LogP contribution >= 0.6 is 0 Å². The van der Waals surface area contributed by atoms with E-state index in [1.807, 2.05) is 43.4 Å². The van der Waals surface area contributed by atoms with Gasteiger partial charge in [-0.3, -0.25) is 4.79 Å². The Balaban J connectivity index is 1.69. The lowest BCUT2D eigenvalue weighted by molar-refractivity contribution is 0.00578. The molecule has 0 bridgehead atoms. The van der Waals surface area contributed by atoms with E-state index in [0.717, 1.165) is 33.3 Å². The molecule has 0 aromatic heterocycles. The first kappa shape index (κ1) is 19.1. The van der Waals surface area contributed by atoms with Gasteiger partial charge in [-0.05, 0) is 63.0 Å². The van der Waals surface area contributed by atoms with E-state index < -0.39 is 7.12 Å². The molecule has 1 N–H and O–H groups in total. The molecule has 0 unspecified atom stereocenters. The lowest BCUT2D eigenvalue weighted by Gasteiger charge is -2.32. The topological polar surface area (TPSA) is 47.6 Å². The van der Waals surface area contributed by atoms with Gasteiger partial charge in [0.2, 0.25) is 0 Å². The molecule has 5 heteroatoms. The van der Waals surface area contributed by atoms with E-state index in [9.17, 15) is 4.79 Å². The quantitative estimate of drug-likeness (QED) is 0.697. The van der Waals surface area contributed by atoms with Gasteiger partial charge < -0.3 is 14.6 Å². The number of rotatable bonds is 4. The van der Waals surface area contributed by atoms with Crippen LogP contribution in [0.4, 0.5) is 0 Å². The molecule has 0 saturated carbocycles. The minimum atomic E-state index is -0.418. The van der Waals surface area contributed by atoms with Crippen molar-refractivity contribution in [1.29, 1.82) is 0 Å². The molecule has 2 aliphatic rings. The molecule has 0 atom stereocenters. The summed E-state index contributed by atoms with van der Waals surface area (Å²) in [5, 5.41) is 3.20. The number of ketones is 1. The van der Waals surface area contributed by atoms with E-state index in [1.165, 1.54) is 0 Å². The summed E-state index contributed by atoms with van der Waals surface area (Å²) in [7, 11) is 1.49. The van der Waals surface area contributed by atoms with Crippen molar-refractivity contribution in [3.8, 4) is 11.1 Å². The van der Waals surface area contributed by atoms with Crippen LogP contribution in [0, 0.1) is 0 Å². The highest BCUT2D eigenvalue weighted by Gasteiger charge is 2.52. The van der Waals surface area contributed by atoms with E-state index in [0.29, 0.717) is 6.54 Å². The van der Waals surface area contributed by atoms with Gasteiger partial charge in [-0.25, -0.2) is 0 Å². The van der Waals surface area contributed by atoms with Crippen molar-refractivity contribution >= 4 is 19.0 Å². The molecule has 4 nitrogen and oxygen atoms in total. The van der Waals surface area contributed by atoms with Crippen LogP contribution in [0.15, 0.2) is 47.9 Å². The summed E-state index contributed by atoms with van der Waals surface area (Å²) >= 11 is 0. The first-order valence-electron chi connectivity index (χ1n) is 9.72. The second-order valence-corrected chi connectivity index (χ2v) is 8.52. The maximum atomic E-state index is 12.8. The van der Waals surface area contributed by atoms with Gasteiger partial charge in [0.15, 0.2) is 5.78 Å². The number of nitrogens with one attached hydrogen (secondary N) is 1. The van der Waals surface area contributed by atoms with Gasteiger partial charge in [0, 0.05) is 17.7 Å². The predicted octanol–water partition coefficient (Wildman–Crippen LogP) is 4.13. The highest BCUT2D eigenvalue weighted by Crippen LogP contribution is 2.40. The molecule has 1 aliphatic carbocycles. The van der Waals surface area contributed by atoms with Gasteiger partial charge in [0.1, 0.15) is 0 Å². The monoisotopic (exact) mass is 375 g/mol. The number of fused-ring (bicyclic) bond motifs is 3. The number of carbonyl (C=O) groups is 1. The van der Waals surface area contributed by atoms with E-state index in [-0.39, 0.29) is 17.0 Å². The number of likely N-dealkylation sites (N-methyl/N-ethyl adjacent to an activating group) is 1. The lowest BCUT2D eigenvalue weighted by atomic mass is 9.77. The van der Waals surface area contributed by atoms with Gasteiger partial charge in [0.05, 0.1) is 11.2 Å². The minimum Gasteiger partial charge on any atom is -0.400 e. The molecule has 144 valence electrons. The average molecular weight is 375 g/mol. The maximum absolute atomic E-state index is 12.8. The highest BCUT2D eigenvalue weighted by molar-refractivity contribution is 6.56. The summed E-state index contributed by atoms with van der Waals surface area (Å²) in [5.41, 5.74) is 4.75. The second-order valence-electron chi connectivity index (χ2n) is 8.52. The van der Waals surface area contributed by atoms with Crippen molar-refractivity contribution in [2.45, 2.75) is 38.9 Å². The van der Waals surface area contributed by atoms with Crippen LogP contribution < -0.4 is 5.32 Å². The van der Waals surface area contributed by atoms with Crippen molar-refractivity contribution in [2.24, 2.45) is 0 Å². The average Bonchev–Trinajstić information content (AvgIpc) is 3.05. The van der Waals surface area contributed by atoms with Crippen LogP contribution in [0.5, 0.6) is 0 Å². The van der Waals surface area contributed by atoms with Crippen molar-refractivity contribution in [3.63, 3.8) is 0 Å². The fourth-order valence-corrected chi connectivity index (χ4v) is 3.75. The lowest BCUT2D eigenvalue weighted by Crippen LogP contribution is -2.41. The minimum absolute atomic E-state index is 0.0895. The number of hydrogen-bond donors (Lipinski definition) is 1. The third-order valence-corrected chi connectivity index (χ3v) is 6.04. The van der Waals surface area contributed by atoms with Gasteiger partial charge in [-0.15, -0.1) is 0 Å². The van der Waals surface area contributed by atoms with Gasteiger partial charge >= 0.3 is 7.12 Å². The first-order chi connectivity index (χ1) is 13.2. The standard InChI is InChI=1S/C23H26BNO3/c1-22(2)23(3,4)28-24(27-22)16(14-25-5)12-15-10-11-18-17-8-6-7-9-19(17)21(26)20(18)13-15/h6-13,25H,14H2,1-5H3. The molecule has 1 aliphatic heterocycles. The van der Waals surface area contributed by atoms with Crippen LogP contribution in [0.25, 0.3) is 17.2 Å². The van der Waals surface area contributed by atoms with Crippen LogP contribution in [-0.4, -0.2) is 37.7 Å². The largest absolute Gasteiger partial charge is 0.491 e. The SMILES string of the molecule is CNCC(=Cc1ccc2c(c1)C(=O)c1ccccc1-2)B1OC(C)(C)C(C)(C)O1. The van der Waals surface area contributed by atoms with E-state index >= 15 is 0 Å². The zero-order valence-electron chi connectivity index (χ0n) is 17.1. The summed E-state index contributed by atoms with van der Waals surface area (Å²) in [6.45, 7) is 8.84. The van der Waals surface area contributed by atoms with Crippen molar-refractivity contribution in [3.05, 3.63) is 64.6 Å². The molecule has 28 heavy (non-hydrogen) atoms. The molecule has 1 heterocycles. The highest BCUT2D eigenvalue weighted by atomic mass is 16.7. The van der Waals surface area contributed by atoms with Crippen LogP contribution in [0.2, 0.25) is 0 Å². The second kappa shape index (κ2) is 6.69. The van der Waals surface area contributed by atoms with Crippen LogP contribution in [0.1, 0.15) is 49.2 Å². The van der Waals surface area contributed by atoms with Crippen molar-refractivity contribution in [1.82, 2.24) is 5.32 Å². The van der Waals surface area contributed by atoms with Gasteiger partial charge in [0.25, 0.3) is 0 Å². The summed E-state index contributed by atoms with van der Waals surface area (Å²) in [6, 6.07) is 13.8. The van der Waals surface area contributed by atoms with E-state index in [1.54, 1.807) is 0 Å². The first-order valence-corrected chi connectivity index (χ1v) is 9.72. The Labute approximate surface area is 167 Å². The zero-order valence-corrected chi connectivity index (χ0v) is 17.1. The number of carbonyl (C=O) groups excluding carboxylic acids is 1. The molecule has 0 radical (unpaired) electrons. The number of benzene rings is 2. The van der Waals surface area contributed by atoms with Gasteiger partial charge in [-0.2, -0.15) is 0 Å². The molecular weight excluding hydrogens is 349 g/mol. The summed E-state index contributed by atoms with van der Waals surface area (Å²) in [4.78, 5) is 12.8. The van der Waals surface area contributed by atoms with Crippen LogP contribution in [-0.2, 0) is 9.31 Å². The van der Waals surface area contributed by atoms with E-state index in [4.69, 9.17) is 9.31 Å². The Morgan fingerprint density at radius 3 is 2.21 bits per heavy atom. The Hall–Kier alpha value is -2.21. The smallest absolute Gasteiger partial charge is 0.400 e. The maximum Gasteiger partial charge on any atom is 0.491 e. The molecule has 2 aromatic rings. The third kappa shape index (κ3) is 3.04. The normalized spacial score (nSPS) is 19.7. The fraction of sp³-hybridized carbons (Fsp3) is 0.348. The molecule has 4 rings (SSSR count). The fourth-order valence-electron chi connectivity index (χ4n) is 3.75. The van der Waals surface area contributed by atoms with Crippen molar-refractivity contribution < 1.29 is 14.1 Å². The molecular formula is C23H26BNO3. The molecule has 1 saturated heterocycles.